The molecule has 0 aliphatic heterocycles. The molecule has 48 valence electrons. The Balaban J connectivity index is 3.01. The van der Waals surface area contributed by atoms with Gasteiger partial charge in [0.2, 0.25) is 0 Å². The van der Waals surface area contributed by atoms with E-state index in [4.69, 9.17) is 11.6 Å². The molecule has 0 amide bonds. The minimum Gasteiger partial charge on any atom is -0.327 e. The summed E-state index contributed by atoms with van der Waals surface area (Å²) in [4.78, 5) is 0. The van der Waals surface area contributed by atoms with Crippen LogP contribution in [0, 0.1) is 0 Å². The van der Waals surface area contributed by atoms with Crippen molar-refractivity contribution in [1.29, 1.82) is 0 Å². The molecule has 0 aliphatic rings. The lowest BCUT2D eigenvalue weighted by molar-refractivity contribution is 1.70. The van der Waals surface area contributed by atoms with E-state index in [2.05, 4.69) is 3.53 Å². The molecule has 0 aromatic heterocycles. The molecule has 1 aromatic carbocycles. The highest BCUT2D eigenvalue weighted by molar-refractivity contribution is 14.1. The Bertz CT molecular complexity index is 202. The minimum atomic E-state index is 0.756. The highest BCUT2D eigenvalue weighted by Crippen LogP contribution is 2.21. The molecule has 1 rings (SSSR count). The van der Waals surface area contributed by atoms with Crippen LogP contribution in [0.1, 0.15) is 0 Å². The maximum Gasteiger partial charge on any atom is 0.0644 e. The SMILES string of the molecule is Clc1ccccc1NI. The second-order valence-electron chi connectivity index (χ2n) is 1.57. The van der Waals surface area contributed by atoms with Gasteiger partial charge in [0, 0.05) is 0 Å². The van der Waals surface area contributed by atoms with Crippen molar-refractivity contribution in [3.63, 3.8) is 0 Å². The molecule has 1 N–H and O–H groups in total. The Morgan fingerprint density at radius 1 is 1.33 bits per heavy atom. The smallest absolute Gasteiger partial charge is 0.0644 e. The van der Waals surface area contributed by atoms with Crippen LogP contribution in [-0.4, -0.2) is 0 Å². The van der Waals surface area contributed by atoms with E-state index in [9.17, 15) is 0 Å². The van der Waals surface area contributed by atoms with E-state index in [1.807, 2.05) is 47.1 Å². The van der Waals surface area contributed by atoms with Crippen LogP contribution in [0.5, 0.6) is 0 Å². The lowest BCUT2D eigenvalue weighted by Gasteiger charge is -1.97. The highest BCUT2D eigenvalue weighted by atomic mass is 127. The molecular weight excluding hydrogens is 248 g/mol. The summed E-state index contributed by atoms with van der Waals surface area (Å²) >= 11 is 7.80. The predicted octanol–water partition coefficient (Wildman–Crippen LogP) is 3.10. The van der Waals surface area contributed by atoms with Crippen molar-refractivity contribution in [2.45, 2.75) is 0 Å². The predicted molar refractivity (Wildman–Crippen MR) is 49.1 cm³/mol. The Morgan fingerprint density at radius 3 is 2.44 bits per heavy atom. The van der Waals surface area contributed by atoms with Crippen molar-refractivity contribution in [1.82, 2.24) is 0 Å². The molecule has 0 saturated heterocycles. The number of para-hydroxylation sites is 1. The summed E-state index contributed by atoms with van der Waals surface area (Å²) in [6.45, 7) is 0. The minimum absolute atomic E-state index is 0.756. The van der Waals surface area contributed by atoms with Crippen LogP contribution >= 0.6 is 34.5 Å². The average molecular weight is 253 g/mol. The largest absolute Gasteiger partial charge is 0.327 e. The van der Waals surface area contributed by atoms with Gasteiger partial charge in [0.1, 0.15) is 0 Å². The summed E-state index contributed by atoms with van der Waals surface area (Å²) in [5.74, 6) is 0. The van der Waals surface area contributed by atoms with Gasteiger partial charge in [0.25, 0.3) is 0 Å². The zero-order valence-corrected chi connectivity index (χ0v) is 7.48. The molecule has 0 radical (unpaired) electrons. The first-order valence-corrected chi connectivity index (χ1v) is 3.91. The van der Waals surface area contributed by atoms with Crippen LogP contribution in [-0.2, 0) is 0 Å². The number of benzene rings is 1. The molecule has 0 saturated carbocycles. The Kier molecular flexibility index (Phi) is 2.60. The fourth-order valence-corrected chi connectivity index (χ4v) is 1.35. The van der Waals surface area contributed by atoms with E-state index >= 15 is 0 Å². The Hall–Kier alpha value is 0.0400. The number of nitrogens with one attached hydrogen (secondary N) is 1. The zero-order chi connectivity index (χ0) is 6.69. The molecular formula is C6H5ClIN. The van der Waals surface area contributed by atoms with E-state index in [-0.39, 0.29) is 0 Å². The molecule has 9 heavy (non-hydrogen) atoms. The lowest BCUT2D eigenvalue weighted by Crippen LogP contribution is -1.77. The summed E-state index contributed by atoms with van der Waals surface area (Å²) in [6, 6.07) is 7.62. The van der Waals surface area contributed by atoms with Gasteiger partial charge in [0.15, 0.2) is 0 Å². The third-order valence-corrected chi connectivity index (χ3v) is 1.89. The molecule has 1 aromatic rings. The van der Waals surface area contributed by atoms with Gasteiger partial charge in [0.05, 0.1) is 33.6 Å². The number of anilines is 1. The van der Waals surface area contributed by atoms with Crippen molar-refractivity contribution >= 4 is 40.2 Å². The van der Waals surface area contributed by atoms with Crippen molar-refractivity contribution in [2.75, 3.05) is 3.53 Å². The Morgan fingerprint density at radius 2 is 2.00 bits per heavy atom. The molecule has 0 atom stereocenters. The van der Waals surface area contributed by atoms with E-state index in [0.29, 0.717) is 0 Å². The standard InChI is InChI=1S/C6H5ClIN/c7-5-3-1-2-4-6(5)9-8/h1-4,9H. The van der Waals surface area contributed by atoms with Crippen molar-refractivity contribution in [2.24, 2.45) is 0 Å². The third-order valence-electron chi connectivity index (χ3n) is 0.976. The summed E-state index contributed by atoms with van der Waals surface area (Å²) < 4.78 is 2.93. The maximum atomic E-state index is 5.76. The fourth-order valence-electron chi connectivity index (χ4n) is 0.538. The average Bonchev–Trinajstić information content (AvgIpc) is 1.89. The van der Waals surface area contributed by atoms with Gasteiger partial charge in [-0.1, -0.05) is 23.7 Å². The number of hydrogen-bond acceptors (Lipinski definition) is 1. The topological polar surface area (TPSA) is 12.0 Å². The van der Waals surface area contributed by atoms with Crippen LogP contribution in [0.15, 0.2) is 24.3 Å². The van der Waals surface area contributed by atoms with E-state index in [0.717, 1.165) is 10.7 Å². The summed E-state index contributed by atoms with van der Waals surface area (Å²) in [5.41, 5.74) is 0.958. The zero-order valence-electron chi connectivity index (χ0n) is 4.57. The van der Waals surface area contributed by atoms with Crippen molar-refractivity contribution in [3.05, 3.63) is 29.3 Å². The number of hydrogen-bond donors (Lipinski definition) is 1. The lowest BCUT2D eigenvalue weighted by atomic mass is 10.3. The first kappa shape index (κ1) is 7.15. The fraction of sp³-hybridized carbons (Fsp3) is 0. The monoisotopic (exact) mass is 253 g/mol. The van der Waals surface area contributed by atoms with Gasteiger partial charge in [-0.2, -0.15) is 0 Å². The molecule has 0 bridgehead atoms. The van der Waals surface area contributed by atoms with Gasteiger partial charge in [-0.25, -0.2) is 0 Å². The number of rotatable bonds is 1. The maximum absolute atomic E-state index is 5.76. The molecule has 0 unspecified atom stereocenters. The summed E-state index contributed by atoms with van der Waals surface area (Å²) in [7, 11) is 0. The van der Waals surface area contributed by atoms with Gasteiger partial charge < -0.3 is 3.53 Å². The van der Waals surface area contributed by atoms with E-state index in [1.54, 1.807) is 0 Å². The molecule has 0 spiro atoms. The second-order valence-corrected chi connectivity index (χ2v) is 2.52. The van der Waals surface area contributed by atoms with Gasteiger partial charge >= 0.3 is 0 Å². The van der Waals surface area contributed by atoms with Crippen LogP contribution in [0.4, 0.5) is 5.69 Å². The first-order chi connectivity index (χ1) is 4.34. The van der Waals surface area contributed by atoms with Gasteiger partial charge in [-0.3, -0.25) is 0 Å². The second kappa shape index (κ2) is 3.27. The van der Waals surface area contributed by atoms with Crippen LogP contribution in [0.3, 0.4) is 0 Å². The van der Waals surface area contributed by atoms with E-state index < -0.39 is 0 Å². The molecule has 0 aliphatic carbocycles. The highest BCUT2D eigenvalue weighted by Gasteiger charge is 1.92. The van der Waals surface area contributed by atoms with Crippen LogP contribution < -0.4 is 3.53 Å². The van der Waals surface area contributed by atoms with Crippen molar-refractivity contribution in [3.8, 4) is 0 Å². The Labute approximate surface area is 72.9 Å². The first-order valence-electron chi connectivity index (χ1n) is 2.46. The number of halogens is 2. The molecule has 0 fully saturated rings. The van der Waals surface area contributed by atoms with Gasteiger partial charge in [-0.05, 0) is 12.1 Å². The quantitative estimate of drug-likeness (QED) is 0.599. The van der Waals surface area contributed by atoms with Crippen molar-refractivity contribution < 1.29 is 0 Å². The summed E-state index contributed by atoms with van der Waals surface area (Å²) in [6.07, 6.45) is 0. The molecule has 1 nitrogen and oxygen atoms in total. The summed E-state index contributed by atoms with van der Waals surface area (Å²) in [5, 5.41) is 0.756. The van der Waals surface area contributed by atoms with Crippen LogP contribution in [0.2, 0.25) is 5.02 Å². The molecule has 3 heteroatoms. The van der Waals surface area contributed by atoms with Gasteiger partial charge in [-0.15, -0.1) is 0 Å². The third kappa shape index (κ3) is 1.72. The normalized spacial score (nSPS) is 9.11. The van der Waals surface area contributed by atoms with Crippen LogP contribution in [0.25, 0.3) is 0 Å². The van der Waals surface area contributed by atoms with E-state index in [1.165, 1.54) is 0 Å². The molecule has 0 heterocycles.